The summed E-state index contributed by atoms with van der Waals surface area (Å²) in [4.78, 5) is 25.6. The number of allylic oxidation sites excluding steroid dienone is 1. The van der Waals surface area contributed by atoms with E-state index >= 15 is 0 Å². The van der Waals surface area contributed by atoms with Gasteiger partial charge in [-0.1, -0.05) is 23.2 Å². The van der Waals surface area contributed by atoms with Gasteiger partial charge in [-0.25, -0.2) is 4.68 Å². The van der Waals surface area contributed by atoms with Crippen LogP contribution in [0.2, 0.25) is 10.0 Å². The van der Waals surface area contributed by atoms with Crippen LogP contribution in [-0.2, 0) is 0 Å². The number of aromatic nitrogens is 2. The minimum absolute atomic E-state index is 0.174. The third-order valence-corrected chi connectivity index (χ3v) is 3.26. The van der Waals surface area contributed by atoms with Crippen molar-refractivity contribution < 1.29 is 4.79 Å². The van der Waals surface area contributed by atoms with Crippen LogP contribution in [0.15, 0.2) is 47.5 Å². The number of hydrogen-bond acceptors (Lipinski definition) is 4. The topological polar surface area (TPSA) is 55.2 Å². The van der Waals surface area contributed by atoms with Gasteiger partial charge in [-0.2, -0.15) is 5.10 Å². The van der Waals surface area contributed by atoms with E-state index in [1.165, 1.54) is 23.0 Å². The second kappa shape index (κ2) is 6.77. The van der Waals surface area contributed by atoms with Crippen LogP contribution in [0.4, 0.5) is 0 Å². The van der Waals surface area contributed by atoms with Crippen molar-refractivity contribution >= 4 is 29.0 Å². The Labute approximate surface area is 137 Å². The Kier molecular flexibility index (Phi) is 5.00. The fourth-order valence-corrected chi connectivity index (χ4v) is 2.17. The summed E-state index contributed by atoms with van der Waals surface area (Å²) in [6.45, 7) is 0. The molecule has 1 aromatic carbocycles. The number of hydrogen-bond donors (Lipinski definition) is 0. The largest absolute Gasteiger partial charge is 0.383 e. The van der Waals surface area contributed by atoms with Gasteiger partial charge in [-0.15, -0.1) is 0 Å². The van der Waals surface area contributed by atoms with E-state index in [0.717, 1.165) is 0 Å². The van der Waals surface area contributed by atoms with E-state index in [4.69, 9.17) is 23.2 Å². The van der Waals surface area contributed by atoms with Crippen LogP contribution in [0.25, 0.3) is 5.69 Å². The van der Waals surface area contributed by atoms with Crippen LogP contribution in [0.1, 0.15) is 10.5 Å². The molecule has 5 nitrogen and oxygen atoms in total. The van der Waals surface area contributed by atoms with Crippen LogP contribution < -0.4 is 5.43 Å². The summed E-state index contributed by atoms with van der Waals surface area (Å²) in [5.41, 5.74) is -0.0990. The van der Waals surface area contributed by atoms with Crippen molar-refractivity contribution in [1.29, 1.82) is 0 Å². The van der Waals surface area contributed by atoms with Gasteiger partial charge in [0.05, 0.1) is 10.7 Å². The quantitative estimate of drug-likeness (QED) is 0.635. The summed E-state index contributed by atoms with van der Waals surface area (Å²) < 4.78 is 1.37. The number of carbonyl (C=O) groups excluding carboxylic acids is 1. The van der Waals surface area contributed by atoms with E-state index in [1.54, 1.807) is 43.4 Å². The van der Waals surface area contributed by atoms with E-state index < -0.39 is 11.2 Å². The molecule has 0 N–H and O–H groups in total. The molecule has 0 aliphatic carbocycles. The summed E-state index contributed by atoms with van der Waals surface area (Å²) in [6, 6.07) is 6.14. The number of halogens is 2. The van der Waals surface area contributed by atoms with E-state index in [2.05, 4.69) is 5.10 Å². The molecule has 0 atom stereocenters. The van der Waals surface area contributed by atoms with Gasteiger partial charge in [0.2, 0.25) is 11.2 Å². The standard InChI is InChI=1S/C15H13Cl2N3O2/c1-19(2)7-5-13(21)15-14(22)6-8-20(18-15)12-4-3-10(16)9-11(12)17/h3-9H,1-2H3. The van der Waals surface area contributed by atoms with Gasteiger partial charge in [-0.05, 0) is 18.2 Å². The van der Waals surface area contributed by atoms with Gasteiger partial charge in [0.1, 0.15) is 0 Å². The lowest BCUT2D eigenvalue weighted by Crippen LogP contribution is -2.20. The average molecular weight is 338 g/mol. The molecule has 7 heteroatoms. The van der Waals surface area contributed by atoms with Crippen LogP contribution in [0.5, 0.6) is 0 Å². The molecule has 0 spiro atoms. The highest BCUT2D eigenvalue weighted by atomic mass is 35.5. The summed E-state index contributed by atoms with van der Waals surface area (Å²) in [5.74, 6) is -0.474. The van der Waals surface area contributed by atoms with E-state index in [-0.39, 0.29) is 5.69 Å². The molecule has 1 aromatic heterocycles. The molecule has 0 unspecified atom stereocenters. The van der Waals surface area contributed by atoms with Gasteiger partial charge in [0, 0.05) is 43.7 Å². The monoisotopic (exact) mass is 337 g/mol. The van der Waals surface area contributed by atoms with Crippen molar-refractivity contribution in [2.24, 2.45) is 0 Å². The zero-order chi connectivity index (χ0) is 16.3. The summed E-state index contributed by atoms with van der Waals surface area (Å²) in [5, 5.41) is 4.92. The molecule has 0 aliphatic rings. The van der Waals surface area contributed by atoms with E-state index in [1.807, 2.05) is 0 Å². The Balaban J connectivity index is 2.47. The van der Waals surface area contributed by atoms with Gasteiger partial charge >= 0.3 is 0 Å². The zero-order valence-corrected chi connectivity index (χ0v) is 13.5. The maximum atomic E-state index is 12.0. The maximum absolute atomic E-state index is 12.0. The molecule has 0 saturated carbocycles. The van der Waals surface area contributed by atoms with E-state index in [9.17, 15) is 9.59 Å². The minimum atomic E-state index is -0.474. The predicted molar refractivity (Wildman–Crippen MR) is 87.0 cm³/mol. The molecule has 0 fully saturated rings. The second-order valence-electron chi connectivity index (χ2n) is 4.71. The number of benzene rings is 1. The smallest absolute Gasteiger partial charge is 0.211 e. The average Bonchev–Trinajstić information content (AvgIpc) is 2.45. The van der Waals surface area contributed by atoms with Crippen molar-refractivity contribution in [2.45, 2.75) is 0 Å². The normalized spacial score (nSPS) is 10.9. The molecular formula is C15H13Cl2N3O2. The van der Waals surface area contributed by atoms with Crippen molar-refractivity contribution in [1.82, 2.24) is 14.7 Å². The molecule has 0 aliphatic heterocycles. The predicted octanol–water partition coefficient (Wildman–Crippen LogP) is 2.80. The minimum Gasteiger partial charge on any atom is -0.383 e. The molecule has 2 aromatic rings. The summed E-state index contributed by atoms with van der Waals surface area (Å²) in [6.07, 6.45) is 4.29. The maximum Gasteiger partial charge on any atom is 0.211 e. The lowest BCUT2D eigenvalue weighted by molar-refractivity contribution is 0.103. The highest BCUT2D eigenvalue weighted by Crippen LogP contribution is 2.23. The fourth-order valence-electron chi connectivity index (χ4n) is 1.68. The number of carbonyl (C=O) groups is 1. The third-order valence-electron chi connectivity index (χ3n) is 2.72. The first-order chi connectivity index (χ1) is 10.4. The first-order valence-electron chi connectivity index (χ1n) is 6.33. The lowest BCUT2D eigenvalue weighted by Gasteiger charge is -2.08. The zero-order valence-electron chi connectivity index (χ0n) is 12.0. The molecule has 0 amide bonds. The first kappa shape index (κ1) is 16.3. The Morgan fingerprint density at radius 3 is 2.64 bits per heavy atom. The van der Waals surface area contributed by atoms with Gasteiger partial charge in [-0.3, -0.25) is 9.59 Å². The Bertz CT molecular complexity index is 798. The van der Waals surface area contributed by atoms with Gasteiger partial charge < -0.3 is 4.90 Å². The Morgan fingerprint density at radius 2 is 2.00 bits per heavy atom. The van der Waals surface area contributed by atoms with Crippen LogP contribution in [0.3, 0.4) is 0 Å². The summed E-state index contributed by atoms with van der Waals surface area (Å²) >= 11 is 12.0. The fraction of sp³-hybridized carbons (Fsp3) is 0.133. The van der Waals surface area contributed by atoms with Crippen LogP contribution in [-0.4, -0.2) is 34.6 Å². The number of ketones is 1. The van der Waals surface area contributed by atoms with Crippen molar-refractivity contribution in [3.05, 3.63) is 68.7 Å². The van der Waals surface area contributed by atoms with Crippen molar-refractivity contribution in [3.63, 3.8) is 0 Å². The molecule has 0 saturated heterocycles. The highest BCUT2D eigenvalue weighted by Gasteiger charge is 2.12. The molecule has 2 rings (SSSR count). The Hall–Kier alpha value is -2.11. The second-order valence-corrected chi connectivity index (χ2v) is 5.56. The molecule has 22 heavy (non-hydrogen) atoms. The molecule has 0 bridgehead atoms. The third kappa shape index (κ3) is 3.75. The van der Waals surface area contributed by atoms with Crippen LogP contribution in [0, 0.1) is 0 Å². The molecule has 114 valence electrons. The molecular weight excluding hydrogens is 325 g/mol. The SMILES string of the molecule is CN(C)C=CC(=O)c1nn(-c2ccc(Cl)cc2Cl)ccc1=O. The van der Waals surface area contributed by atoms with E-state index in [0.29, 0.717) is 15.7 Å². The van der Waals surface area contributed by atoms with Gasteiger partial charge in [0.15, 0.2) is 5.69 Å². The molecule has 1 heterocycles. The first-order valence-corrected chi connectivity index (χ1v) is 7.08. The highest BCUT2D eigenvalue weighted by molar-refractivity contribution is 6.35. The Morgan fingerprint density at radius 1 is 1.27 bits per heavy atom. The lowest BCUT2D eigenvalue weighted by atomic mass is 10.2. The van der Waals surface area contributed by atoms with Crippen molar-refractivity contribution in [3.8, 4) is 5.69 Å². The van der Waals surface area contributed by atoms with Gasteiger partial charge in [0.25, 0.3) is 0 Å². The van der Waals surface area contributed by atoms with Crippen molar-refractivity contribution in [2.75, 3.05) is 14.1 Å². The summed E-state index contributed by atoms with van der Waals surface area (Å²) in [7, 11) is 3.54. The molecule has 0 radical (unpaired) electrons. The van der Waals surface area contributed by atoms with Crippen LogP contribution >= 0.6 is 23.2 Å². The number of rotatable bonds is 4. The number of nitrogens with zero attached hydrogens (tertiary/aromatic N) is 3.